The van der Waals surface area contributed by atoms with Crippen molar-refractivity contribution in [3.05, 3.63) is 30.7 Å². The average Bonchev–Trinajstić information content (AvgIpc) is 2.54. The van der Waals surface area contributed by atoms with Crippen molar-refractivity contribution < 1.29 is 8.42 Å². The van der Waals surface area contributed by atoms with E-state index in [4.69, 9.17) is 0 Å². The third-order valence-corrected chi connectivity index (χ3v) is 2.88. The Morgan fingerprint density at radius 2 is 2.21 bits per heavy atom. The van der Waals surface area contributed by atoms with Gasteiger partial charge in [0.1, 0.15) is 0 Å². The Balaban J connectivity index is 2.70. The molecule has 0 bridgehead atoms. The predicted octanol–water partition coefficient (Wildman–Crippen LogP) is 0.136. The minimum absolute atomic E-state index is 0.0488. The van der Waals surface area contributed by atoms with Crippen molar-refractivity contribution in [3.63, 3.8) is 0 Å². The van der Waals surface area contributed by atoms with Gasteiger partial charge in [-0.25, -0.2) is 8.42 Å². The summed E-state index contributed by atoms with van der Waals surface area (Å²) in [4.78, 5) is 1.78. The molecular weight excluding hydrogens is 202 g/mol. The van der Waals surface area contributed by atoms with E-state index in [-0.39, 0.29) is 5.75 Å². The minimum atomic E-state index is -3.32. The molecule has 1 rings (SSSR count). The second-order valence-corrected chi connectivity index (χ2v) is 4.88. The van der Waals surface area contributed by atoms with E-state index in [0.717, 1.165) is 4.09 Å². The summed E-state index contributed by atoms with van der Waals surface area (Å²) in [6.45, 7) is 0. The highest BCUT2D eigenvalue weighted by Gasteiger charge is 2.09. The summed E-state index contributed by atoms with van der Waals surface area (Å²) in [6.07, 6.45) is 6.13. The third kappa shape index (κ3) is 2.88. The van der Waals surface area contributed by atoms with E-state index in [2.05, 4.69) is 5.10 Å². The van der Waals surface area contributed by atoms with Crippen LogP contribution in [0, 0.1) is 0 Å². The van der Waals surface area contributed by atoms with Crippen molar-refractivity contribution in [1.29, 1.82) is 0 Å². The molecule has 0 saturated carbocycles. The highest BCUT2D eigenvalue weighted by atomic mass is 32.2. The van der Waals surface area contributed by atoms with Crippen LogP contribution in [0.2, 0.25) is 0 Å². The zero-order valence-corrected chi connectivity index (χ0v) is 8.98. The second kappa shape index (κ2) is 4.28. The average molecular weight is 215 g/mol. The Morgan fingerprint density at radius 3 is 2.71 bits per heavy atom. The molecule has 5 nitrogen and oxygen atoms in total. The minimum Gasteiger partial charge on any atom is -0.384 e. The van der Waals surface area contributed by atoms with Crippen LogP contribution in [-0.2, 0) is 10.0 Å². The van der Waals surface area contributed by atoms with Gasteiger partial charge in [0.25, 0.3) is 10.0 Å². The molecule has 0 saturated heterocycles. The molecule has 0 N–H and O–H groups in total. The molecular formula is C8H13N3O2S. The molecule has 0 unspecified atom stereocenters. The Bertz CT molecular complexity index is 392. The van der Waals surface area contributed by atoms with Crippen molar-refractivity contribution in [1.82, 2.24) is 14.1 Å². The van der Waals surface area contributed by atoms with Crippen LogP contribution in [0.3, 0.4) is 0 Å². The number of aromatic nitrogens is 2. The summed E-state index contributed by atoms with van der Waals surface area (Å²) in [6, 6.07) is 1.58. The van der Waals surface area contributed by atoms with Crippen LogP contribution >= 0.6 is 0 Å². The van der Waals surface area contributed by atoms with Crippen molar-refractivity contribution in [3.8, 4) is 0 Å². The summed E-state index contributed by atoms with van der Waals surface area (Å²) < 4.78 is 24.0. The largest absolute Gasteiger partial charge is 0.384 e. The fourth-order valence-corrected chi connectivity index (χ4v) is 1.81. The molecule has 78 valence electrons. The van der Waals surface area contributed by atoms with E-state index in [1.165, 1.54) is 12.4 Å². The lowest BCUT2D eigenvalue weighted by Gasteiger charge is -2.03. The SMILES string of the molecule is CN(C)C=CCS(=O)(=O)n1cccn1. The Morgan fingerprint density at radius 1 is 1.50 bits per heavy atom. The van der Waals surface area contributed by atoms with Crippen LogP contribution in [0.5, 0.6) is 0 Å². The van der Waals surface area contributed by atoms with Gasteiger partial charge < -0.3 is 4.90 Å². The zero-order valence-electron chi connectivity index (χ0n) is 8.16. The standard InChI is InChI=1S/C8H13N3O2S/c1-10(2)6-4-8-14(12,13)11-7-3-5-9-11/h3-7H,8H2,1-2H3. The maximum Gasteiger partial charge on any atom is 0.257 e. The topological polar surface area (TPSA) is 55.2 Å². The van der Waals surface area contributed by atoms with E-state index in [1.54, 1.807) is 23.2 Å². The third-order valence-electron chi connectivity index (χ3n) is 1.48. The van der Waals surface area contributed by atoms with Crippen LogP contribution in [0.25, 0.3) is 0 Å². The molecule has 0 aliphatic heterocycles. The molecule has 0 spiro atoms. The molecule has 1 heterocycles. The fraction of sp³-hybridized carbons (Fsp3) is 0.375. The van der Waals surface area contributed by atoms with E-state index in [1.807, 2.05) is 14.1 Å². The van der Waals surface area contributed by atoms with Gasteiger partial charge in [0.2, 0.25) is 0 Å². The van der Waals surface area contributed by atoms with Crippen molar-refractivity contribution in [2.24, 2.45) is 0 Å². The van der Waals surface area contributed by atoms with Gasteiger partial charge in [0.15, 0.2) is 0 Å². The molecule has 0 atom stereocenters. The monoisotopic (exact) mass is 215 g/mol. The normalized spacial score (nSPS) is 12.1. The summed E-state index contributed by atoms with van der Waals surface area (Å²) in [7, 11) is 0.340. The van der Waals surface area contributed by atoms with Crippen LogP contribution in [0.4, 0.5) is 0 Å². The smallest absolute Gasteiger partial charge is 0.257 e. The Kier molecular flexibility index (Phi) is 3.29. The summed E-state index contributed by atoms with van der Waals surface area (Å²) in [5.41, 5.74) is 0. The van der Waals surface area contributed by atoms with Crippen LogP contribution < -0.4 is 0 Å². The number of hydrogen-bond acceptors (Lipinski definition) is 4. The van der Waals surface area contributed by atoms with E-state index < -0.39 is 10.0 Å². The first-order valence-electron chi connectivity index (χ1n) is 4.08. The molecule has 1 aromatic rings. The van der Waals surface area contributed by atoms with Gasteiger partial charge in [0.05, 0.1) is 11.9 Å². The summed E-state index contributed by atoms with van der Waals surface area (Å²) in [5.74, 6) is -0.0488. The van der Waals surface area contributed by atoms with Gasteiger partial charge in [0, 0.05) is 20.3 Å². The van der Waals surface area contributed by atoms with Gasteiger partial charge in [-0.15, -0.1) is 0 Å². The Labute approximate surface area is 83.7 Å². The zero-order chi connectivity index (χ0) is 10.6. The van der Waals surface area contributed by atoms with Crippen molar-refractivity contribution in [2.75, 3.05) is 19.8 Å². The lowest BCUT2D eigenvalue weighted by atomic mass is 10.7. The molecule has 0 fully saturated rings. The van der Waals surface area contributed by atoms with E-state index in [9.17, 15) is 8.42 Å². The van der Waals surface area contributed by atoms with Gasteiger partial charge >= 0.3 is 0 Å². The van der Waals surface area contributed by atoms with Gasteiger partial charge in [-0.3, -0.25) is 0 Å². The van der Waals surface area contributed by atoms with Crippen molar-refractivity contribution in [2.45, 2.75) is 0 Å². The molecule has 0 aliphatic carbocycles. The maximum absolute atomic E-state index is 11.5. The van der Waals surface area contributed by atoms with Gasteiger partial charge in [-0.05, 0) is 12.3 Å². The molecule has 6 heteroatoms. The molecule has 14 heavy (non-hydrogen) atoms. The first-order valence-corrected chi connectivity index (χ1v) is 5.69. The first kappa shape index (κ1) is 10.8. The number of hydrogen-bond donors (Lipinski definition) is 0. The second-order valence-electron chi connectivity index (χ2n) is 3.01. The molecule has 1 aromatic heterocycles. The van der Waals surface area contributed by atoms with Crippen molar-refractivity contribution >= 4 is 10.0 Å². The Hall–Kier alpha value is -1.30. The van der Waals surface area contributed by atoms with Crippen LogP contribution in [0.1, 0.15) is 0 Å². The van der Waals surface area contributed by atoms with Gasteiger partial charge in [-0.1, -0.05) is 6.08 Å². The number of rotatable bonds is 4. The molecule has 0 aromatic carbocycles. The quantitative estimate of drug-likeness (QED) is 0.716. The maximum atomic E-state index is 11.5. The fourth-order valence-electron chi connectivity index (χ4n) is 0.871. The highest BCUT2D eigenvalue weighted by Crippen LogP contribution is 1.96. The molecule has 0 amide bonds. The lowest BCUT2D eigenvalue weighted by molar-refractivity contribution is 0.561. The van der Waals surface area contributed by atoms with Crippen LogP contribution in [-0.4, -0.2) is 42.4 Å². The number of nitrogens with zero attached hydrogens (tertiary/aromatic N) is 3. The van der Waals surface area contributed by atoms with Gasteiger partial charge in [-0.2, -0.15) is 9.19 Å². The van der Waals surface area contributed by atoms with Crippen LogP contribution in [0.15, 0.2) is 30.7 Å². The molecule has 0 aliphatic rings. The lowest BCUT2D eigenvalue weighted by Crippen LogP contribution is -2.16. The summed E-state index contributed by atoms with van der Waals surface area (Å²) in [5, 5.41) is 3.67. The molecule has 0 radical (unpaired) electrons. The highest BCUT2D eigenvalue weighted by molar-refractivity contribution is 7.89. The first-order chi connectivity index (χ1) is 6.52. The summed E-state index contributed by atoms with van der Waals surface area (Å²) >= 11 is 0. The van der Waals surface area contributed by atoms with E-state index >= 15 is 0 Å². The predicted molar refractivity (Wildman–Crippen MR) is 54.2 cm³/mol. The van der Waals surface area contributed by atoms with E-state index in [0.29, 0.717) is 0 Å².